The summed E-state index contributed by atoms with van der Waals surface area (Å²) in [6.07, 6.45) is 5.36. The van der Waals surface area contributed by atoms with Gasteiger partial charge in [0.05, 0.1) is 0 Å². The van der Waals surface area contributed by atoms with E-state index in [0.29, 0.717) is 0 Å². The Kier molecular flexibility index (Phi) is 10.6. The van der Waals surface area contributed by atoms with Crippen LogP contribution >= 0.6 is 11.8 Å². The molecule has 13 heavy (non-hydrogen) atoms. The van der Waals surface area contributed by atoms with Gasteiger partial charge in [-0.2, -0.15) is 11.8 Å². The van der Waals surface area contributed by atoms with Crippen LogP contribution in [-0.2, 0) is 0 Å². The van der Waals surface area contributed by atoms with Crippen LogP contribution in [0.2, 0.25) is 0 Å². The second kappa shape index (κ2) is 10.4. The summed E-state index contributed by atoms with van der Waals surface area (Å²) < 4.78 is 0. The van der Waals surface area contributed by atoms with E-state index in [4.69, 9.17) is 0 Å². The van der Waals surface area contributed by atoms with Crippen LogP contribution in [0.3, 0.4) is 0 Å². The van der Waals surface area contributed by atoms with Crippen molar-refractivity contribution >= 4 is 11.8 Å². The lowest BCUT2D eigenvalue weighted by Crippen LogP contribution is -2.23. The van der Waals surface area contributed by atoms with E-state index < -0.39 is 0 Å². The maximum atomic E-state index is 3.45. The standard InChI is InChI=1S/C11H25NS/c1-4-6-7-9-13-11(3)10-12-8-5-2/h11-12H,4-10H2,1-3H3. The van der Waals surface area contributed by atoms with Crippen molar-refractivity contribution in [2.45, 2.75) is 51.7 Å². The van der Waals surface area contributed by atoms with Gasteiger partial charge in [0.25, 0.3) is 0 Å². The first-order valence-corrected chi connectivity index (χ1v) is 6.68. The molecule has 0 aromatic carbocycles. The summed E-state index contributed by atoms with van der Waals surface area (Å²) in [4.78, 5) is 0. The molecular weight excluding hydrogens is 178 g/mol. The van der Waals surface area contributed by atoms with Gasteiger partial charge in [0.2, 0.25) is 0 Å². The van der Waals surface area contributed by atoms with Gasteiger partial charge < -0.3 is 5.32 Å². The number of unbranched alkanes of at least 4 members (excludes halogenated alkanes) is 2. The summed E-state index contributed by atoms with van der Waals surface area (Å²) in [5.41, 5.74) is 0. The van der Waals surface area contributed by atoms with Crippen LogP contribution in [0.5, 0.6) is 0 Å². The Balaban J connectivity index is 3.05. The van der Waals surface area contributed by atoms with Crippen LogP contribution in [-0.4, -0.2) is 24.1 Å². The van der Waals surface area contributed by atoms with E-state index in [-0.39, 0.29) is 0 Å². The summed E-state index contributed by atoms with van der Waals surface area (Å²) in [6, 6.07) is 0. The quantitative estimate of drug-likeness (QED) is 0.577. The van der Waals surface area contributed by atoms with Crippen molar-refractivity contribution in [3.63, 3.8) is 0 Å². The molecular formula is C11H25NS. The van der Waals surface area contributed by atoms with E-state index in [1.54, 1.807) is 0 Å². The molecule has 0 saturated heterocycles. The molecule has 0 saturated carbocycles. The predicted octanol–water partition coefficient (Wildman–Crippen LogP) is 3.30. The molecule has 1 N–H and O–H groups in total. The number of thioether (sulfide) groups is 1. The van der Waals surface area contributed by atoms with E-state index in [1.165, 1.54) is 44.5 Å². The molecule has 0 heterocycles. The Hall–Kier alpha value is 0.310. The Labute approximate surface area is 88.1 Å². The van der Waals surface area contributed by atoms with Gasteiger partial charge in [-0.25, -0.2) is 0 Å². The lowest BCUT2D eigenvalue weighted by molar-refractivity contribution is 0.668. The molecule has 0 radical (unpaired) electrons. The van der Waals surface area contributed by atoms with Crippen molar-refractivity contribution in [3.05, 3.63) is 0 Å². The van der Waals surface area contributed by atoms with E-state index in [9.17, 15) is 0 Å². The first kappa shape index (κ1) is 13.3. The molecule has 0 aliphatic carbocycles. The van der Waals surface area contributed by atoms with E-state index >= 15 is 0 Å². The number of hydrogen-bond acceptors (Lipinski definition) is 2. The summed E-state index contributed by atoms with van der Waals surface area (Å²) in [7, 11) is 0. The van der Waals surface area contributed by atoms with Gasteiger partial charge in [0.1, 0.15) is 0 Å². The molecule has 2 heteroatoms. The molecule has 0 bridgehead atoms. The van der Waals surface area contributed by atoms with E-state index in [0.717, 1.165) is 5.25 Å². The second-order valence-electron chi connectivity index (χ2n) is 3.59. The van der Waals surface area contributed by atoms with Crippen LogP contribution in [0.1, 0.15) is 46.5 Å². The van der Waals surface area contributed by atoms with Crippen molar-refractivity contribution in [2.24, 2.45) is 0 Å². The predicted molar refractivity (Wildman–Crippen MR) is 64.6 cm³/mol. The summed E-state index contributed by atoms with van der Waals surface area (Å²) in [5, 5.41) is 4.24. The zero-order valence-corrected chi connectivity index (χ0v) is 10.3. The Morgan fingerprint density at radius 1 is 1.15 bits per heavy atom. The van der Waals surface area contributed by atoms with Crippen LogP contribution in [0.4, 0.5) is 0 Å². The molecule has 0 aromatic rings. The largest absolute Gasteiger partial charge is 0.316 e. The first-order valence-electron chi connectivity index (χ1n) is 5.63. The van der Waals surface area contributed by atoms with Crippen LogP contribution in [0, 0.1) is 0 Å². The molecule has 0 fully saturated rings. The van der Waals surface area contributed by atoms with Crippen molar-refractivity contribution in [2.75, 3.05) is 18.8 Å². The third-order valence-corrected chi connectivity index (χ3v) is 3.27. The molecule has 80 valence electrons. The molecule has 1 unspecified atom stereocenters. The molecule has 0 aliphatic rings. The summed E-state index contributed by atoms with van der Waals surface area (Å²) >= 11 is 2.10. The molecule has 1 nitrogen and oxygen atoms in total. The van der Waals surface area contributed by atoms with Crippen LogP contribution in [0.15, 0.2) is 0 Å². The monoisotopic (exact) mass is 203 g/mol. The highest BCUT2D eigenvalue weighted by Gasteiger charge is 2.00. The Morgan fingerprint density at radius 2 is 1.92 bits per heavy atom. The highest BCUT2D eigenvalue weighted by atomic mass is 32.2. The number of hydrogen-bond donors (Lipinski definition) is 1. The average Bonchev–Trinajstić information content (AvgIpc) is 2.13. The van der Waals surface area contributed by atoms with Gasteiger partial charge in [0, 0.05) is 11.8 Å². The molecule has 0 amide bonds. The van der Waals surface area contributed by atoms with E-state index in [2.05, 4.69) is 37.8 Å². The fourth-order valence-electron chi connectivity index (χ4n) is 1.18. The maximum absolute atomic E-state index is 3.45. The SMILES string of the molecule is CCCCCSC(C)CNCCC. The zero-order chi connectivity index (χ0) is 9.94. The number of nitrogens with one attached hydrogen (secondary N) is 1. The van der Waals surface area contributed by atoms with Crippen molar-refractivity contribution in [3.8, 4) is 0 Å². The van der Waals surface area contributed by atoms with Crippen molar-refractivity contribution in [1.82, 2.24) is 5.32 Å². The van der Waals surface area contributed by atoms with Crippen molar-refractivity contribution in [1.29, 1.82) is 0 Å². The Morgan fingerprint density at radius 3 is 2.54 bits per heavy atom. The fourth-order valence-corrected chi connectivity index (χ4v) is 2.19. The third kappa shape index (κ3) is 10.2. The molecule has 1 atom stereocenters. The summed E-state index contributed by atoms with van der Waals surface area (Å²) in [5.74, 6) is 1.34. The number of rotatable bonds is 9. The minimum absolute atomic E-state index is 0.781. The maximum Gasteiger partial charge on any atom is 0.0144 e. The lowest BCUT2D eigenvalue weighted by Gasteiger charge is -2.11. The smallest absolute Gasteiger partial charge is 0.0144 e. The zero-order valence-electron chi connectivity index (χ0n) is 9.44. The molecule has 0 aromatic heterocycles. The Bertz CT molecular complexity index is 96.1. The lowest BCUT2D eigenvalue weighted by atomic mass is 10.3. The minimum atomic E-state index is 0.781. The highest BCUT2D eigenvalue weighted by Crippen LogP contribution is 2.12. The van der Waals surface area contributed by atoms with Gasteiger partial charge in [-0.05, 0) is 25.1 Å². The van der Waals surface area contributed by atoms with Crippen molar-refractivity contribution < 1.29 is 0 Å². The summed E-state index contributed by atoms with van der Waals surface area (Å²) in [6.45, 7) is 9.13. The van der Waals surface area contributed by atoms with E-state index in [1.807, 2.05) is 0 Å². The van der Waals surface area contributed by atoms with Gasteiger partial charge >= 0.3 is 0 Å². The van der Waals surface area contributed by atoms with Gasteiger partial charge in [-0.1, -0.05) is 33.6 Å². The average molecular weight is 203 g/mol. The molecule has 0 aliphatic heterocycles. The fraction of sp³-hybridized carbons (Fsp3) is 1.00. The van der Waals surface area contributed by atoms with Gasteiger partial charge in [-0.3, -0.25) is 0 Å². The topological polar surface area (TPSA) is 12.0 Å². The third-order valence-electron chi connectivity index (χ3n) is 2.01. The van der Waals surface area contributed by atoms with Gasteiger partial charge in [-0.15, -0.1) is 0 Å². The van der Waals surface area contributed by atoms with Crippen LogP contribution in [0.25, 0.3) is 0 Å². The molecule has 0 rings (SSSR count). The van der Waals surface area contributed by atoms with Crippen LogP contribution < -0.4 is 5.32 Å². The second-order valence-corrected chi connectivity index (χ2v) is 5.14. The highest BCUT2D eigenvalue weighted by molar-refractivity contribution is 7.99. The van der Waals surface area contributed by atoms with Gasteiger partial charge in [0.15, 0.2) is 0 Å². The molecule has 0 spiro atoms. The minimum Gasteiger partial charge on any atom is -0.316 e. The first-order chi connectivity index (χ1) is 6.31. The normalized spacial score (nSPS) is 13.2.